The highest BCUT2D eigenvalue weighted by Crippen LogP contribution is 2.40. The van der Waals surface area contributed by atoms with Crippen LogP contribution in [0.15, 0.2) is 0 Å². The van der Waals surface area contributed by atoms with Gasteiger partial charge in [-0.05, 0) is 0 Å². The van der Waals surface area contributed by atoms with Gasteiger partial charge in [0.15, 0.2) is 6.29 Å². The Hall–Kier alpha value is -0.0900. The standard InChI is InChI=1S/C6H13O9P/c7-1-2-3(8)4(9)5(10)6(14-2)15-16(11,12)13/h2-10H,1H2,(H2,11,12,13)/t2-,3-,4-,5-,6?/m1/s1. The first-order valence-corrected chi connectivity index (χ1v) is 5.83. The quantitative estimate of drug-likeness (QED) is 0.289. The molecular weight excluding hydrogens is 247 g/mol. The summed E-state index contributed by atoms with van der Waals surface area (Å²) < 4.78 is 19.2. The van der Waals surface area contributed by atoms with Gasteiger partial charge in [-0.1, -0.05) is 0 Å². The molecule has 9 nitrogen and oxygen atoms in total. The molecule has 10 heteroatoms. The third-order valence-electron chi connectivity index (χ3n) is 2.09. The summed E-state index contributed by atoms with van der Waals surface area (Å²) >= 11 is 0. The summed E-state index contributed by atoms with van der Waals surface area (Å²) in [4.78, 5) is 17.0. The molecule has 0 saturated carbocycles. The molecule has 0 bridgehead atoms. The maximum Gasteiger partial charge on any atom is 0.472 e. The maximum absolute atomic E-state index is 10.5. The average molecular weight is 260 g/mol. The van der Waals surface area contributed by atoms with E-state index in [0.717, 1.165) is 0 Å². The van der Waals surface area contributed by atoms with Gasteiger partial charge in [0.2, 0.25) is 0 Å². The van der Waals surface area contributed by atoms with Crippen molar-refractivity contribution in [2.75, 3.05) is 6.61 Å². The second kappa shape index (κ2) is 5.05. The van der Waals surface area contributed by atoms with E-state index in [1.54, 1.807) is 0 Å². The third-order valence-corrected chi connectivity index (χ3v) is 2.57. The van der Waals surface area contributed by atoms with E-state index in [9.17, 15) is 19.9 Å². The molecule has 1 fully saturated rings. The molecule has 96 valence electrons. The molecule has 0 aromatic heterocycles. The summed E-state index contributed by atoms with van der Waals surface area (Å²) in [5.74, 6) is 0. The SMILES string of the molecule is O=P(O)(O)OC1O[C@H](CO)[C@@H](O)[C@@H](O)[C@H]1O. The Balaban J connectivity index is 2.75. The highest BCUT2D eigenvalue weighted by Gasteiger charge is 2.46. The Kier molecular flexibility index (Phi) is 4.41. The Morgan fingerprint density at radius 1 is 1.12 bits per heavy atom. The minimum Gasteiger partial charge on any atom is -0.394 e. The van der Waals surface area contributed by atoms with E-state index in [2.05, 4.69) is 9.26 Å². The minimum absolute atomic E-state index is 0.702. The Bertz CT molecular complexity index is 275. The van der Waals surface area contributed by atoms with Gasteiger partial charge in [0, 0.05) is 0 Å². The van der Waals surface area contributed by atoms with Crippen molar-refractivity contribution in [1.29, 1.82) is 0 Å². The molecule has 6 N–H and O–H groups in total. The van der Waals surface area contributed by atoms with Crippen molar-refractivity contribution in [3.63, 3.8) is 0 Å². The highest BCUT2D eigenvalue weighted by atomic mass is 31.2. The smallest absolute Gasteiger partial charge is 0.394 e. The molecule has 5 atom stereocenters. The van der Waals surface area contributed by atoms with Gasteiger partial charge in [0.1, 0.15) is 24.4 Å². The molecule has 16 heavy (non-hydrogen) atoms. The van der Waals surface area contributed by atoms with Crippen LogP contribution in [0.25, 0.3) is 0 Å². The number of ether oxygens (including phenoxy) is 1. The van der Waals surface area contributed by atoms with Crippen LogP contribution in [0, 0.1) is 0 Å². The molecule has 0 amide bonds. The topological polar surface area (TPSA) is 157 Å². The first kappa shape index (κ1) is 14.0. The van der Waals surface area contributed by atoms with Crippen molar-refractivity contribution in [3.05, 3.63) is 0 Å². The number of phosphoric ester groups is 1. The van der Waals surface area contributed by atoms with Gasteiger partial charge in [0.05, 0.1) is 6.61 Å². The van der Waals surface area contributed by atoms with E-state index in [0.29, 0.717) is 0 Å². The molecule has 1 aliphatic rings. The summed E-state index contributed by atoms with van der Waals surface area (Å²) in [7, 11) is -4.91. The van der Waals surface area contributed by atoms with E-state index in [4.69, 9.17) is 14.9 Å². The first-order valence-electron chi connectivity index (χ1n) is 4.30. The lowest BCUT2D eigenvalue weighted by Crippen LogP contribution is -2.58. The number of hydrogen-bond acceptors (Lipinski definition) is 7. The first-order chi connectivity index (χ1) is 7.26. The van der Waals surface area contributed by atoms with Crippen LogP contribution in [0.4, 0.5) is 0 Å². The van der Waals surface area contributed by atoms with Gasteiger partial charge < -0.3 is 34.9 Å². The van der Waals surface area contributed by atoms with Crippen molar-refractivity contribution >= 4 is 7.82 Å². The summed E-state index contributed by atoms with van der Waals surface area (Å²) in [6.07, 6.45) is -8.25. The molecular formula is C6H13O9P. The normalized spacial score (nSPS) is 41.0. The third kappa shape index (κ3) is 3.20. The van der Waals surface area contributed by atoms with Crippen LogP contribution >= 0.6 is 7.82 Å². The molecule has 0 spiro atoms. The molecule has 0 radical (unpaired) electrons. The van der Waals surface area contributed by atoms with Gasteiger partial charge in [-0.25, -0.2) is 4.57 Å². The summed E-state index contributed by atoms with van der Waals surface area (Å²) in [6.45, 7) is -0.702. The Morgan fingerprint density at radius 3 is 2.12 bits per heavy atom. The molecule has 1 rings (SSSR count). The Labute approximate surface area is 90.1 Å². The fourth-order valence-electron chi connectivity index (χ4n) is 1.29. The average Bonchev–Trinajstić information content (AvgIpc) is 2.17. The van der Waals surface area contributed by atoms with E-state index >= 15 is 0 Å². The lowest BCUT2D eigenvalue weighted by atomic mass is 10.00. The predicted octanol–water partition coefficient (Wildman–Crippen LogP) is -3.10. The van der Waals surface area contributed by atoms with Crippen LogP contribution in [0.1, 0.15) is 0 Å². The van der Waals surface area contributed by atoms with E-state index < -0.39 is 45.1 Å². The molecule has 0 aromatic rings. The fourth-order valence-corrected chi connectivity index (χ4v) is 1.73. The van der Waals surface area contributed by atoms with Crippen molar-refractivity contribution < 1.29 is 44.0 Å². The van der Waals surface area contributed by atoms with Crippen LogP contribution in [-0.4, -0.2) is 67.5 Å². The van der Waals surface area contributed by atoms with Crippen LogP contribution in [0.5, 0.6) is 0 Å². The van der Waals surface area contributed by atoms with Crippen molar-refractivity contribution in [2.24, 2.45) is 0 Å². The van der Waals surface area contributed by atoms with Crippen molar-refractivity contribution in [2.45, 2.75) is 30.7 Å². The second-order valence-electron chi connectivity index (χ2n) is 3.29. The molecule has 0 aromatic carbocycles. The lowest BCUT2D eigenvalue weighted by Gasteiger charge is -2.39. The molecule has 1 heterocycles. The highest BCUT2D eigenvalue weighted by molar-refractivity contribution is 7.46. The molecule has 1 unspecified atom stereocenters. The number of phosphoric acid groups is 1. The van der Waals surface area contributed by atoms with E-state index in [1.807, 2.05) is 0 Å². The Morgan fingerprint density at radius 2 is 1.69 bits per heavy atom. The zero-order chi connectivity index (χ0) is 12.5. The zero-order valence-electron chi connectivity index (χ0n) is 7.95. The van der Waals surface area contributed by atoms with Crippen molar-refractivity contribution in [3.8, 4) is 0 Å². The van der Waals surface area contributed by atoms with Crippen LogP contribution in [0.3, 0.4) is 0 Å². The van der Waals surface area contributed by atoms with Crippen LogP contribution in [0.2, 0.25) is 0 Å². The number of rotatable bonds is 3. The summed E-state index contributed by atoms with van der Waals surface area (Å²) in [5.41, 5.74) is 0. The number of hydrogen-bond donors (Lipinski definition) is 6. The van der Waals surface area contributed by atoms with Crippen LogP contribution < -0.4 is 0 Å². The molecule has 1 aliphatic heterocycles. The van der Waals surface area contributed by atoms with Crippen molar-refractivity contribution in [1.82, 2.24) is 0 Å². The zero-order valence-corrected chi connectivity index (χ0v) is 8.84. The fraction of sp³-hybridized carbons (Fsp3) is 1.00. The second-order valence-corrected chi connectivity index (χ2v) is 4.49. The van der Waals surface area contributed by atoms with Gasteiger partial charge >= 0.3 is 7.82 Å². The monoisotopic (exact) mass is 260 g/mol. The molecule has 1 saturated heterocycles. The lowest BCUT2D eigenvalue weighted by molar-refractivity contribution is -0.280. The summed E-state index contributed by atoms with van der Waals surface area (Å²) in [6, 6.07) is 0. The van der Waals surface area contributed by atoms with Gasteiger partial charge in [0.25, 0.3) is 0 Å². The van der Waals surface area contributed by atoms with E-state index in [1.165, 1.54) is 0 Å². The largest absolute Gasteiger partial charge is 0.472 e. The number of aliphatic hydroxyl groups is 4. The van der Waals surface area contributed by atoms with Gasteiger partial charge in [-0.15, -0.1) is 0 Å². The van der Waals surface area contributed by atoms with Crippen LogP contribution in [-0.2, 0) is 13.8 Å². The van der Waals surface area contributed by atoms with Gasteiger partial charge in [-0.3, -0.25) is 4.52 Å². The maximum atomic E-state index is 10.5. The van der Waals surface area contributed by atoms with Gasteiger partial charge in [-0.2, -0.15) is 0 Å². The van der Waals surface area contributed by atoms with E-state index in [-0.39, 0.29) is 0 Å². The predicted molar refractivity (Wildman–Crippen MR) is 46.9 cm³/mol. The minimum atomic E-state index is -4.91. The molecule has 0 aliphatic carbocycles. The number of aliphatic hydroxyl groups excluding tert-OH is 4. The summed E-state index contributed by atoms with van der Waals surface area (Å²) in [5, 5.41) is 36.6.